The van der Waals surface area contributed by atoms with Crippen LogP contribution >= 0.6 is 0 Å². The minimum atomic E-state index is -1.87. The monoisotopic (exact) mass is 1250 g/mol. The molecule has 0 spiro atoms. The van der Waals surface area contributed by atoms with Crippen molar-refractivity contribution in [2.24, 2.45) is 0 Å². The third kappa shape index (κ3) is 14.8. The van der Waals surface area contributed by atoms with E-state index in [1.807, 2.05) is 12.1 Å². The summed E-state index contributed by atoms with van der Waals surface area (Å²) >= 11 is 0. The Kier molecular flexibility index (Phi) is 28.1. The van der Waals surface area contributed by atoms with Crippen LogP contribution in [0.15, 0.2) is 0 Å². The summed E-state index contributed by atoms with van der Waals surface area (Å²) in [7, 11) is 22.8. The highest BCUT2D eigenvalue weighted by Crippen LogP contribution is 2.42. The maximum atomic E-state index is 11.6. The van der Waals surface area contributed by atoms with Crippen molar-refractivity contribution in [1.29, 1.82) is 10.5 Å². The Morgan fingerprint density at radius 3 is 0.616 bits per heavy atom. The highest BCUT2D eigenvalue weighted by atomic mass is 16.8. The third-order valence-corrected chi connectivity index (χ3v) is 16.7. The van der Waals surface area contributed by atoms with Crippen molar-refractivity contribution in [1.82, 2.24) is 0 Å². The zero-order valence-corrected chi connectivity index (χ0v) is 51.5. The van der Waals surface area contributed by atoms with Crippen molar-refractivity contribution in [3.8, 4) is 12.1 Å². The van der Waals surface area contributed by atoms with E-state index in [9.17, 15) is 20.7 Å². The molecule has 0 aromatic carbocycles. The molecule has 0 aliphatic carbocycles. The molecule has 22 aliphatic rings. The largest absolute Gasteiger partial charge is 0.382 e. The third-order valence-electron chi connectivity index (χ3n) is 16.7. The van der Waals surface area contributed by atoms with Crippen LogP contribution in [0.3, 0.4) is 0 Å². The first kappa shape index (κ1) is 71.2. The van der Waals surface area contributed by atoms with Gasteiger partial charge in [-0.2, -0.15) is 10.5 Å². The van der Waals surface area contributed by atoms with E-state index in [0.717, 1.165) is 0 Å². The molecule has 0 aromatic heterocycles. The SMILES string of the molecule is COC[C@H]1O[C@@H]2O[C@H]3[C@H](OC)[C@@H](OC)[C@H](O[C@@H]3[C@H](O)C#N)O[C@H]3[C@H](OC)[C@@H](OC)[C@@H](O[C@H]4[C@H](OC)[C@@H](OC)[C@@H](O[C@H]5[C@H](OC)[C@@H](OC)[C@H](O[C@@H]5[C@@H](O)C#N)O[C@H]5[C@H](OC)[C@@H](OC)[C@@H](O[C@H]1[C@H](OC)[C@H]2OC)O[C@@H]5COC)O[C@@H]4COC)O[C@@H]3COC. The second kappa shape index (κ2) is 33.9. The Morgan fingerprint density at radius 1 is 0.267 bits per heavy atom. The van der Waals surface area contributed by atoms with E-state index in [0.29, 0.717) is 0 Å². The summed E-state index contributed by atoms with van der Waals surface area (Å²) in [6.45, 7) is -0.493. The number of hydrogen-bond acceptors (Lipinski definition) is 32. The number of aliphatic hydroxyl groups is 2. The van der Waals surface area contributed by atoms with Crippen LogP contribution in [-0.2, 0) is 133 Å². The van der Waals surface area contributed by atoms with E-state index >= 15 is 0 Å². The van der Waals surface area contributed by atoms with E-state index in [4.69, 9.17) is 133 Å². The van der Waals surface area contributed by atoms with Crippen LogP contribution < -0.4 is 0 Å². The number of methoxy groups -OCH3 is 16. The molecule has 86 heavy (non-hydrogen) atoms. The number of ether oxygens (including phenoxy) is 28. The van der Waals surface area contributed by atoms with Crippen LogP contribution in [0, 0.1) is 22.7 Å². The fourth-order valence-corrected chi connectivity index (χ4v) is 12.7. The highest BCUT2D eigenvalue weighted by molar-refractivity contribution is 5.07. The maximum absolute atomic E-state index is 11.6. The fourth-order valence-electron chi connectivity index (χ4n) is 12.7. The van der Waals surface area contributed by atoms with E-state index in [-0.39, 0.29) is 26.4 Å². The summed E-state index contributed by atoms with van der Waals surface area (Å²) in [5, 5.41) is 43.9. The van der Waals surface area contributed by atoms with E-state index in [1.54, 1.807) is 0 Å². The van der Waals surface area contributed by atoms with Crippen molar-refractivity contribution < 1.29 is 143 Å². The number of hydrogen-bond donors (Lipinski definition) is 2. The lowest BCUT2D eigenvalue weighted by Crippen LogP contribution is -2.70. The Balaban J connectivity index is 1.37. The first-order valence-electron chi connectivity index (χ1n) is 28.0. The summed E-state index contributed by atoms with van der Waals surface area (Å²) in [5.41, 5.74) is 0. The molecule has 22 aliphatic heterocycles. The van der Waals surface area contributed by atoms with Gasteiger partial charge in [0.05, 0.1) is 38.6 Å². The number of nitrogens with zero attached hydrogens (tertiary/aromatic N) is 2. The van der Waals surface area contributed by atoms with Gasteiger partial charge < -0.3 is 143 Å². The van der Waals surface area contributed by atoms with Crippen molar-refractivity contribution in [3.05, 3.63) is 0 Å². The molecule has 12 bridgehead atoms. The van der Waals surface area contributed by atoms with E-state index in [1.165, 1.54) is 114 Å². The van der Waals surface area contributed by atoms with Gasteiger partial charge in [0.1, 0.15) is 146 Å². The topological polar surface area (TPSA) is 346 Å². The molecule has 0 unspecified atom stereocenters. The van der Waals surface area contributed by atoms with Gasteiger partial charge in [0.25, 0.3) is 0 Å². The average molecular weight is 1250 g/mol. The second-order valence-corrected chi connectivity index (χ2v) is 21.1. The standard InChI is InChI=1S/C54H90N2O30/c1-59-19-25-31-35(63-5)45(71-13)51(77-25)85-41-29(23(57)17-55)79-53(47(73-15)39(41)67-9)84-34-28(22-62-4)76-50(44(70-12)38(34)66-8)82-32-26(20-60-2)78-52(46(72-14)36(32)64-6)86-42-30(24(58)18-56)80-54(48(74-16)40(42)68-10)83-33-27(21-61-3)75-49(81-31)43(69-11)37(33)65-7/h23-54,57-58H,19-22H2,1-16H3/t23-,24+,25-,26-,27-,28-,29-,30-,31-,32-,33-,34-,35+,36+,37+,38+,39+,40+,41-,42-,43-,44-,45-,46-,47-,48-,49-,50-,51-,52-,53-,54-/m1/s1. The first-order valence-corrected chi connectivity index (χ1v) is 28.0. The minimum absolute atomic E-state index is 0.123. The molecule has 22 rings (SSSR count). The molecule has 0 aromatic rings. The molecule has 2 N–H and O–H groups in total. The molecule has 0 saturated carbocycles. The summed E-state index contributed by atoms with van der Waals surface area (Å²) in [4.78, 5) is 0. The van der Waals surface area contributed by atoms with Crippen molar-refractivity contribution in [2.45, 2.75) is 196 Å². The van der Waals surface area contributed by atoms with Gasteiger partial charge in [-0.3, -0.25) is 0 Å². The average Bonchev–Trinajstić information content (AvgIpc) is 1.89. The normalized spacial score (nSPS) is 45.8. The molecule has 0 amide bonds. The van der Waals surface area contributed by atoms with E-state index < -0.39 is 196 Å². The van der Waals surface area contributed by atoms with Crippen LogP contribution in [0.2, 0.25) is 0 Å². The van der Waals surface area contributed by atoms with Gasteiger partial charge in [-0.05, 0) is 0 Å². The Bertz CT molecular complexity index is 1920. The Labute approximate surface area is 501 Å². The van der Waals surface area contributed by atoms with Gasteiger partial charge in [-0.25, -0.2) is 0 Å². The molecule has 22 fully saturated rings. The number of aliphatic hydroxyl groups excluding tert-OH is 2. The Morgan fingerprint density at radius 2 is 0.442 bits per heavy atom. The second-order valence-electron chi connectivity index (χ2n) is 21.1. The highest BCUT2D eigenvalue weighted by Gasteiger charge is 2.62. The lowest BCUT2D eigenvalue weighted by atomic mass is 9.92. The molecular weight excluding hydrogens is 1160 g/mol. The molecule has 0 radical (unpaired) electrons. The van der Waals surface area contributed by atoms with Gasteiger partial charge in [-0.15, -0.1) is 0 Å². The van der Waals surface area contributed by atoms with Crippen molar-refractivity contribution >= 4 is 0 Å². The van der Waals surface area contributed by atoms with Crippen molar-refractivity contribution in [2.75, 3.05) is 140 Å². The van der Waals surface area contributed by atoms with Crippen LogP contribution in [0.25, 0.3) is 0 Å². The molecule has 32 heteroatoms. The molecule has 32 nitrogen and oxygen atoms in total. The maximum Gasteiger partial charge on any atom is 0.187 e. The van der Waals surface area contributed by atoms with E-state index in [2.05, 4.69) is 0 Å². The predicted molar refractivity (Wildman–Crippen MR) is 282 cm³/mol. The lowest BCUT2D eigenvalue weighted by Gasteiger charge is -2.53. The van der Waals surface area contributed by atoms with Gasteiger partial charge in [0.15, 0.2) is 49.9 Å². The van der Waals surface area contributed by atoms with Crippen LogP contribution in [0.4, 0.5) is 0 Å². The quantitative estimate of drug-likeness (QED) is 0.103. The molecule has 496 valence electrons. The lowest BCUT2D eigenvalue weighted by molar-refractivity contribution is -0.411. The fraction of sp³-hybridized carbons (Fsp3) is 0.963. The molecular formula is C54H90N2O30. The number of rotatable bonds is 22. The summed E-state index contributed by atoms with van der Waals surface area (Å²) in [6.07, 6.45) is -39.9. The zero-order valence-electron chi connectivity index (χ0n) is 51.5. The number of nitriles is 2. The van der Waals surface area contributed by atoms with Gasteiger partial charge >= 0.3 is 0 Å². The molecule has 32 atom stereocenters. The predicted octanol–water partition coefficient (Wildman–Crippen LogP) is -2.80. The van der Waals surface area contributed by atoms with Crippen LogP contribution in [0.1, 0.15) is 0 Å². The summed E-state index contributed by atoms with van der Waals surface area (Å²) < 4.78 is 178. The zero-order chi connectivity index (χ0) is 62.5. The Hall–Kier alpha value is -2.22. The summed E-state index contributed by atoms with van der Waals surface area (Å²) in [5.74, 6) is 0. The molecule has 22 saturated heterocycles. The van der Waals surface area contributed by atoms with Gasteiger partial charge in [-0.1, -0.05) is 0 Å². The van der Waals surface area contributed by atoms with Gasteiger partial charge in [0, 0.05) is 114 Å². The van der Waals surface area contributed by atoms with Crippen molar-refractivity contribution in [3.63, 3.8) is 0 Å². The van der Waals surface area contributed by atoms with Crippen LogP contribution in [-0.4, -0.2) is 347 Å². The first-order chi connectivity index (χ1) is 41.7. The van der Waals surface area contributed by atoms with Crippen LogP contribution in [0.5, 0.6) is 0 Å². The molecule has 22 heterocycles. The minimum Gasteiger partial charge on any atom is -0.382 e. The summed E-state index contributed by atoms with van der Waals surface area (Å²) in [6, 6.07) is 3.73. The smallest absolute Gasteiger partial charge is 0.187 e. The van der Waals surface area contributed by atoms with Gasteiger partial charge in [0.2, 0.25) is 0 Å².